The van der Waals surface area contributed by atoms with Crippen molar-refractivity contribution in [2.24, 2.45) is 5.73 Å². The van der Waals surface area contributed by atoms with E-state index in [1.165, 1.54) is 41.5 Å². The standard InChI is InChI=1S/C22H31NO/c1-2-3-4-5-6-17-7-8-19-14-20(10-9-18(19)13-17)21-11-12-22(23,15-21)16-24/h5-6,9-10,13-14,21,24H,2-4,7-8,11-12,15-16,23H2,1H3/b6-5+/t21-,22+/m0/s1. The zero-order valence-corrected chi connectivity index (χ0v) is 14.9. The smallest absolute Gasteiger partial charge is 0.0611 e. The van der Waals surface area contributed by atoms with Gasteiger partial charge in [-0.2, -0.15) is 0 Å². The van der Waals surface area contributed by atoms with Crippen molar-refractivity contribution in [2.75, 3.05) is 6.61 Å². The Hall–Kier alpha value is -1.38. The SMILES string of the molecule is CCCC/C=C/C1=Cc2ccc([C@H]3CC[C@](N)(CO)C3)cc2CC1. The number of fused-ring (bicyclic) bond motifs is 1. The topological polar surface area (TPSA) is 46.2 Å². The molecule has 0 bridgehead atoms. The van der Waals surface area contributed by atoms with E-state index in [2.05, 4.69) is 43.4 Å². The molecule has 0 unspecified atom stereocenters. The van der Waals surface area contributed by atoms with E-state index in [1.807, 2.05) is 0 Å². The molecule has 0 amide bonds. The summed E-state index contributed by atoms with van der Waals surface area (Å²) in [6, 6.07) is 6.93. The van der Waals surface area contributed by atoms with Crippen molar-refractivity contribution in [3.63, 3.8) is 0 Å². The van der Waals surface area contributed by atoms with E-state index in [1.54, 1.807) is 0 Å². The van der Waals surface area contributed by atoms with Gasteiger partial charge in [0.25, 0.3) is 0 Å². The number of aliphatic hydroxyl groups is 1. The third-order valence-corrected chi connectivity index (χ3v) is 5.68. The number of unbranched alkanes of at least 4 members (excludes halogenated alkanes) is 2. The Kier molecular flexibility index (Phi) is 5.57. The number of aliphatic hydroxyl groups excluding tert-OH is 1. The average molecular weight is 325 g/mol. The molecule has 1 aromatic carbocycles. The zero-order chi connectivity index (χ0) is 17.0. The minimum absolute atomic E-state index is 0.102. The molecule has 24 heavy (non-hydrogen) atoms. The molecule has 1 saturated carbocycles. The van der Waals surface area contributed by atoms with Crippen LogP contribution >= 0.6 is 0 Å². The summed E-state index contributed by atoms with van der Waals surface area (Å²) in [5.41, 5.74) is 11.6. The minimum atomic E-state index is -0.364. The molecule has 0 saturated heterocycles. The third kappa shape index (κ3) is 3.99. The second-order valence-electron chi connectivity index (χ2n) is 7.68. The highest BCUT2D eigenvalue weighted by atomic mass is 16.3. The van der Waals surface area contributed by atoms with Gasteiger partial charge in [-0.05, 0) is 66.7 Å². The first-order chi connectivity index (χ1) is 11.6. The molecule has 2 atom stereocenters. The van der Waals surface area contributed by atoms with Crippen molar-refractivity contribution in [1.82, 2.24) is 0 Å². The molecule has 2 aliphatic rings. The summed E-state index contributed by atoms with van der Waals surface area (Å²) in [6.45, 7) is 2.34. The molecule has 2 heteroatoms. The van der Waals surface area contributed by atoms with Crippen LogP contribution < -0.4 is 5.73 Å². The Labute approximate surface area is 146 Å². The summed E-state index contributed by atoms with van der Waals surface area (Å²) in [5, 5.41) is 9.48. The maximum absolute atomic E-state index is 9.48. The van der Waals surface area contributed by atoms with Crippen molar-refractivity contribution in [3.05, 3.63) is 52.6 Å². The maximum atomic E-state index is 9.48. The first-order valence-electron chi connectivity index (χ1n) is 9.53. The first-order valence-corrected chi connectivity index (χ1v) is 9.53. The summed E-state index contributed by atoms with van der Waals surface area (Å²) in [5.74, 6) is 0.506. The lowest BCUT2D eigenvalue weighted by atomic mass is 9.86. The lowest BCUT2D eigenvalue weighted by Gasteiger charge is -2.22. The van der Waals surface area contributed by atoms with Gasteiger partial charge in [0.1, 0.15) is 0 Å². The number of allylic oxidation sites excluding steroid dienone is 3. The van der Waals surface area contributed by atoms with E-state index in [0.717, 1.165) is 32.1 Å². The summed E-state index contributed by atoms with van der Waals surface area (Å²) >= 11 is 0. The lowest BCUT2D eigenvalue weighted by Crippen LogP contribution is -2.40. The van der Waals surface area contributed by atoms with Gasteiger partial charge in [-0.3, -0.25) is 0 Å². The Bertz CT molecular complexity index is 631. The fourth-order valence-corrected chi connectivity index (χ4v) is 4.06. The molecule has 0 aromatic heterocycles. The molecule has 0 aliphatic heterocycles. The van der Waals surface area contributed by atoms with Gasteiger partial charge in [0.2, 0.25) is 0 Å². The molecule has 130 valence electrons. The number of rotatable bonds is 6. The predicted molar refractivity (Wildman–Crippen MR) is 102 cm³/mol. The Morgan fingerprint density at radius 3 is 2.96 bits per heavy atom. The summed E-state index contributed by atoms with van der Waals surface area (Å²) in [4.78, 5) is 0. The lowest BCUT2D eigenvalue weighted by molar-refractivity contribution is 0.198. The highest BCUT2D eigenvalue weighted by Crippen LogP contribution is 2.40. The zero-order valence-electron chi connectivity index (χ0n) is 14.9. The quantitative estimate of drug-likeness (QED) is 0.743. The van der Waals surface area contributed by atoms with Crippen LogP contribution in [0.1, 0.15) is 74.5 Å². The minimum Gasteiger partial charge on any atom is -0.394 e. The fourth-order valence-electron chi connectivity index (χ4n) is 4.06. The van der Waals surface area contributed by atoms with Gasteiger partial charge in [-0.1, -0.05) is 56.2 Å². The summed E-state index contributed by atoms with van der Waals surface area (Å²) in [6.07, 6.45) is 15.9. The van der Waals surface area contributed by atoms with Gasteiger partial charge in [0.15, 0.2) is 0 Å². The van der Waals surface area contributed by atoms with Gasteiger partial charge in [0, 0.05) is 5.54 Å². The van der Waals surface area contributed by atoms with E-state index in [-0.39, 0.29) is 12.1 Å². The largest absolute Gasteiger partial charge is 0.394 e. The van der Waals surface area contributed by atoms with Gasteiger partial charge < -0.3 is 10.8 Å². The number of aryl methyl sites for hydroxylation is 1. The van der Waals surface area contributed by atoms with Crippen LogP contribution in [0.2, 0.25) is 0 Å². The van der Waals surface area contributed by atoms with Crippen LogP contribution in [0.4, 0.5) is 0 Å². The van der Waals surface area contributed by atoms with E-state index < -0.39 is 0 Å². The highest BCUT2D eigenvalue weighted by Gasteiger charge is 2.35. The molecular formula is C22H31NO. The van der Waals surface area contributed by atoms with Crippen molar-refractivity contribution in [1.29, 1.82) is 0 Å². The van der Waals surface area contributed by atoms with Crippen molar-refractivity contribution < 1.29 is 5.11 Å². The van der Waals surface area contributed by atoms with Crippen LogP contribution in [0.5, 0.6) is 0 Å². The van der Waals surface area contributed by atoms with Crippen LogP contribution in [-0.2, 0) is 6.42 Å². The molecule has 0 spiro atoms. The Balaban J connectivity index is 1.70. The van der Waals surface area contributed by atoms with E-state index in [4.69, 9.17) is 5.73 Å². The Morgan fingerprint density at radius 2 is 2.21 bits per heavy atom. The monoisotopic (exact) mass is 325 g/mol. The normalized spacial score (nSPS) is 26.6. The molecule has 1 aromatic rings. The molecule has 0 heterocycles. The first kappa shape index (κ1) is 17.4. The van der Waals surface area contributed by atoms with Crippen LogP contribution in [0, 0.1) is 0 Å². The van der Waals surface area contributed by atoms with E-state index >= 15 is 0 Å². The van der Waals surface area contributed by atoms with Crippen molar-refractivity contribution >= 4 is 6.08 Å². The van der Waals surface area contributed by atoms with Gasteiger partial charge in [-0.25, -0.2) is 0 Å². The molecule has 2 nitrogen and oxygen atoms in total. The predicted octanol–water partition coefficient (Wildman–Crippen LogP) is 4.72. The molecule has 1 fully saturated rings. The van der Waals surface area contributed by atoms with Crippen LogP contribution in [-0.4, -0.2) is 17.3 Å². The van der Waals surface area contributed by atoms with E-state index in [0.29, 0.717) is 5.92 Å². The molecule has 3 rings (SSSR count). The molecule has 2 aliphatic carbocycles. The van der Waals surface area contributed by atoms with Crippen molar-refractivity contribution in [2.45, 2.75) is 69.7 Å². The van der Waals surface area contributed by atoms with Gasteiger partial charge in [0.05, 0.1) is 6.61 Å². The van der Waals surface area contributed by atoms with Crippen molar-refractivity contribution in [3.8, 4) is 0 Å². The average Bonchev–Trinajstić information content (AvgIpc) is 3.01. The summed E-state index contributed by atoms with van der Waals surface area (Å²) < 4.78 is 0. The van der Waals surface area contributed by atoms with Gasteiger partial charge in [-0.15, -0.1) is 0 Å². The Morgan fingerprint density at radius 1 is 1.33 bits per heavy atom. The second-order valence-corrected chi connectivity index (χ2v) is 7.68. The maximum Gasteiger partial charge on any atom is 0.0611 e. The third-order valence-electron chi connectivity index (χ3n) is 5.68. The number of hydrogen-bond donors (Lipinski definition) is 2. The molecular weight excluding hydrogens is 294 g/mol. The van der Waals surface area contributed by atoms with E-state index in [9.17, 15) is 5.11 Å². The highest BCUT2D eigenvalue weighted by molar-refractivity contribution is 5.62. The van der Waals surface area contributed by atoms with Crippen LogP contribution in [0.15, 0.2) is 35.9 Å². The number of benzene rings is 1. The van der Waals surface area contributed by atoms with Crippen LogP contribution in [0.25, 0.3) is 6.08 Å². The fraction of sp³-hybridized carbons (Fsp3) is 0.545. The van der Waals surface area contributed by atoms with Crippen LogP contribution in [0.3, 0.4) is 0 Å². The molecule has 3 N–H and O–H groups in total. The van der Waals surface area contributed by atoms with Gasteiger partial charge >= 0.3 is 0 Å². The number of hydrogen-bond acceptors (Lipinski definition) is 2. The summed E-state index contributed by atoms with van der Waals surface area (Å²) in [7, 11) is 0. The molecule has 0 radical (unpaired) electrons. The second kappa shape index (κ2) is 7.67. The number of nitrogens with two attached hydrogens (primary N) is 1.